The highest BCUT2D eigenvalue weighted by Gasteiger charge is 2.35. The highest BCUT2D eigenvalue weighted by atomic mass is 32.2. The highest BCUT2D eigenvalue weighted by molar-refractivity contribution is 7.90. The fourth-order valence-electron chi connectivity index (χ4n) is 2.77. The topological polar surface area (TPSA) is 154 Å². The number of hydrazine groups is 1. The monoisotopic (exact) mass is 484 g/mol. The molecule has 2 aromatic carbocycles. The molecule has 0 aliphatic heterocycles. The van der Waals surface area contributed by atoms with Crippen LogP contribution in [0.1, 0.15) is 28.4 Å². The number of aliphatic hydroxyl groups is 1. The third kappa shape index (κ3) is 6.07. The molecule has 0 bridgehead atoms. The Morgan fingerprint density at radius 3 is 2.21 bits per heavy atom. The lowest BCUT2D eigenvalue weighted by Crippen LogP contribution is -2.53. The van der Waals surface area contributed by atoms with E-state index in [4.69, 9.17) is 11.1 Å². The molecule has 2 aromatic rings. The van der Waals surface area contributed by atoms with E-state index < -0.39 is 51.1 Å². The van der Waals surface area contributed by atoms with Crippen molar-refractivity contribution in [3.8, 4) is 6.07 Å². The average Bonchev–Trinajstić information content (AvgIpc) is 2.74. The first-order valence-corrected chi connectivity index (χ1v) is 11.0. The number of rotatable bonds is 6. The first-order valence-electron chi connectivity index (χ1n) is 9.16. The molecule has 2 unspecified atom stereocenters. The van der Waals surface area contributed by atoms with Crippen LogP contribution in [-0.4, -0.2) is 48.7 Å². The number of benzene rings is 2. The molecule has 0 saturated heterocycles. The van der Waals surface area contributed by atoms with Crippen LogP contribution in [0.25, 0.3) is 0 Å². The molecule has 2 amide bonds. The molecular formula is C20H19F3N4O5S. The Morgan fingerprint density at radius 2 is 1.76 bits per heavy atom. The van der Waals surface area contributed by atoms with Gasteiger partial charge in [-0.05, 0) is 49.4 Å². The Morgan fingerprint density at radius 1 is 1.18 bits per heavy atom. The molecule has 0 aliphatic rings. The predicted octanol–water partition coefficient (Wildman–Crippen LogP) is 1.68. The van der Waals surface area contributed by atoms with Gasteiger partial charge in [-0.25, -0.2) is 19.3 Å². The third-order valence-corrected chi connectivity index (χ3v) is 5.63. The van der Waals surface area contributed by atoms with Crippen molar-refractivity contribution in [2.45, 2.75) is 30.1 Å². The Hall–Kier alpha value is -3.47. The van der Waals surface area contributed by atoms with Gasteiger partial charge in [-0.2, -0.15) is 18.4 Å². The Kier molecular flexibility index (Phi) is 7.48. The summed E-state index contributed by atoms with van der Waals surface area (Å²) in [5, 5.41) is 21.4. The van der Waals surface area contributed by atoms with E-state index in [2.05, 4.69) is 5.32 Å². The number of nitriles is 1. The van der Waals surface area contributed by atoms with Crippen LogP contribution in [0.5, 0.6) is 0 Å². The van der Waals surface area contributed by atoms with Crippen LogP contribution in [-0.2, 0) is 20.8 Å². The van der Waals surface area contributed by atoms with Gasteiger partial charge in [-0.1, -0.05) is 0 Å². The van der Waals surface area contributed by atoms with Crippen molar-refractivity contribution in [2.24, 2.45) is 5.84 Å². The molecule has 4 N–H and O–H groups in total. The maximum atomic E-state index is 13.2. The van der Waals surface area contributed by atoms with Gasteiger partial charge in [0.25, 0.3) is 11.8 Å². The number of amides is 2. The first-order chi connectivity index (χ1) is 15.2. The van der Waals surface area contributed by atoms with E-state index in [1.807, 2.05) is 0 Å². The van der Waals surface area contributed by atoms with E-state index in [1.165, 1.54) is 6.07 Å². The molecule has 2 atom stereocenters. The summed E-state index contributed by atoms with van der Waals surface area (Å²) in [5.74, 6) is 3.39. The van der Waals surface area contributed by atoms with Crippen molar-refractivity contribution < 1.29 is 36.3 Å². The number of nitrogens with two attached hydrogens (primary N) is 1. The van der Waals surface area contributed by atoms with Crippen molar-refractivity contribution in [1.82, 2.24) is 5.01 Å². The Balaban J connectivity index is 2.30. The van der Waals surface area contributed by atoms with Gasteiger partial charge in [-0.3, -0.25) is 9.59 Å². The van der Waals surface area contributed by atoms with Gasteiger partial charge in [0.2, 0.25) is 0 Å². The van der Waals surface area contributed by atoms with Gasteiger partial charge < -0.3 is 10.4 Å². The number of hydrogen-bond donors (Lipinski definition) is 3. The van der Waals surface area contributed by atoms with Gasteiger partial charge in [0.15, 0.2) is 9.84 Å². The van der Waals surface area contributed by atoms with Crippen LogP contribution in [0.3, 0.4) is 0 Å². The van der Waals surface area contributed by atoms with E-state index >= 15 is 0 Å². The zero-order valence-corrected chi connectivity index (χ0v) is 18.1. The van der Waals surface area contributed by atoms with Gasteiger partial charge in [0.1, 0.15) is 6.04 Å². The molecule has 13 heteroatoms. The van der Waals surface area contributed by atoms with Crippen LogP contribution in [0, 0.1) is 11.3 Å². The van der Waals surface area contributed by atoms with Crippen molar-refractivity contribution >= 4 is 27.3 Å². The molecule has 0 spiro atoms. The number of sulfone groups is 1. The summed E-state index contributed by atoms with van der Waals surface area (Å²) in [6.45, 7) is 1.16. The van der Waals surface area contributed by atoms with Gasteiger partial charge in [-0.15, -0.1) is 0 Å². The summed E-state index contributed by atoms with van der Waals surface area (Å²) in [5.41, 5.74) is -2.28. The van der Waals surface area contributed by atoms with Crippen molar-refractivity contribution in [2.75, 3.05) is 11.6 Å². The van der Waals surface area contributed by atoms with Crippen molar-refractivity contribution in [3.63, 3.8) is 0 Å². The lowest BCUT2D eigenvalue weighted by molar-refractivity contribution is -0.137. The van der Waals surface area contributed by atoms with Gasteiger partial charge in [0.05, 0.1) is 28.2 Å². The van der Waals surface area contributed by atoms with E-state index in [0.29, 0.717) is 6.07 Å². The van der Waals surface area contributed by atoms with E-state index in [0.717, 1.165) is 49.6 Å². The average molecular weight is 484 g/mol. The number of nitrogens with one attached hydrogen (secondary N) is 1. The number of halogens is 3. The van der Waals surface area contributed by atoms with E-state index in [1.54, 1.807) is 0 Å². The van der Waals surface area contributed by atoms with Crippen molar-refractivity contribution in [1.29, 1.82) is 5.26 Å². The summed E-state index contributed by atoms with van der Waals surface area (Å²) in [6, 6.07) is 6.92. The van der Waals surface area contributed by atoms with Crippen LogP contribution < -0.4 is 11.2 Å². The minimum Gasteiger partial charge on any atom is -0.391 e. The lowest BCUT2D eigenvalue weighted by atomic mass is 10.1. The SMILES string of the molecule is CC(O)C(Nc1ccc(C#N)c(C(F)(F)F)c1)C(=O)N(N)C(=O)c1ccc(S(C)(=O)=O)cc1. The van der Waals surface area contributed by atoms with E-state index in [9.17, 15) is 36.3 Å². The van der Waals surface area contributed by atoms with E-state index in [-0.39, 0.29) is 21.2 Å². The normalized spacial score (nSPS) is 13.5. The number of carbonyl (C=O) groups excluding carboxylic acids is 2. The summed E-state index contributed by atoms with van der Waals surface area (Å²) in [4.78, 5) is 25.2. The third-order valence-electron chi connectivity index (χ3n) is 4.50. The minimum absolute atomic E-state index is 0.0706. The number of imide groups is 1. The first kappa shape index (κ1) is 25.8. The summed E-state index contributed by atoms with van der Waals surface area (Å²) in [6.07, 6.45) is -5.37. The van der Waals surface area contributed by atoms with Crippen LogP contribution >= 0.6 is 0 Å². The molecule has 176 valence electrons. The zero-order valence-electron chi connectivity index (χ0n) is 17.3. The maximum absolute atomic E-state index is 13.2. The zero-order chi connectivity index (χ0) is 25.1. The Bertz CT molecular complexity index is 1210. The smallest absolute Gasteiger partial charge is 0.391 e. The van der Waals surface area contributed by atoms with Gasteiger partial charge >= 0.3 is 6.18 Å². The number of nitrogens with zero attached hydrogens (tertiary/aromatic N) is 2. The Labute approximate surface area is 187 Å². The number of anilines is 1. The van der Waals surface area contributed by atoms with Crippen LogP contribution in [0.2, 0.25) is 0 Å². The molecule has 9 nitrogen and oxygen atoms in total. The molecule has 0 saturated carbocycles. The molecule has 0 aromatic heterocycles. The van der Waals surface area contributed by atoms with Crippen LogP contribution in [0.15, 0.2) is 47.4 Å². The predicted molar refractivity (Wildman–Crippen MR) is 110 cm³/mol. The maximum Gasteiger partial charge on any atom is 0.417 e. The fraction of sp³-hybridized carbons (Fsp3) is 0.250. The number of hydrogen-bond acceptors (Lipinski definition) is 8. The molecule has 33 heavy (non-hydrogen) atoms. The molecule has 0 heterocycles. The quantitative estimate of drug-likeness (QED) is 0.318. The fourth-order valence-corrected chi connectivity index (χ4v) is 3.40. The second-order valence-corrected chi connectivity index (χ2v) is 9.06. The highest BCUT2D eigenvalue weighted by Crippen LogP contribution is 2.33. The minimum atomic E-state index is -4.85. The largest absolute Gasteiger partial charge is 0.417 e. The number of aliphatic hydroxyl groups excluding tert-OH is 1. The molecule has 0 fully saturated rings. The molecule has 0 radical (unpaired) electrons. The molecular weight excluding hydrogens is 465 g/mol. The number of alkyl halides is 3. The molecule has 2 rings (SSSR count). The second kappa shape index (κ2) is 9.57. The van der Waals surface area contributed by atoms with Crippen molar-refractivity contribution in [3.05, 3.63) is 59.2 Å². The second-order valence-electron chi connectivity index (χ2n) is 7.04. The molecule has 0 aliphatic carbocycles. The standard InChI is InChI=1S/C20H19F3N4O5S/c1-11(28)17(26-14-6-3-13(10-24)16(9-14)20(21,22)23)19(30)27(25)18(29)12-4-7-15(8-5-12)33(2,31)32/h3-9,11,17,26,28H,25H2,1-2H3. The van der Waals surface area contributed by atoms with Gasteiger partial charge in [0, 0.05) is 17.5 Å². The number of carbonyl (C=O) groups is 2. The summed E-state index contributed by atoms with van der Waals surface area (Å²) < 4.78 is 62.6. The van der Waals surface area contributed by atoms with Crippen LogP contribution in [0.4, 0.5) is 18.9 Å². The summed E-state index contributed by atoms with van der Waals surface area (Å²) >= 11 is 0. The lowest BCUT2D eigenvalue weighted by Gasteiger charge is -2.26. The summed E-state index contributed by atoms with van der Waals surface area (Å²) in [7, 11) is -3.53.